The number of carbonyl (C=O) groups excluding carboxylic acids is 2. The Labute approximate surface area is 176 Å². The predicted octanol–water partition coefficient (Wildman–Crippen LogP) is 4.95. The van der Waals surface area contributed by atoms with Crippen LogP contribution in [-0.2, 0) is 16.1 Å². The molecule has 1 unspecified atom stereocenters. The molecule has 0 spiro atoms. The van der Waals surface area contributed by atoms with Crippen molar-refractivity contribution in [2.24, 2.45) is 0 Å². The number of anilines is 1. The molecule has 6 heteroatoms. The van der Waals surface area contributed by atoms with Crippen LogP contribution >= 0.6 is 11.6 Å². The Morgan fingerprint density at radius 3 is 2.55 bits per heavy atom. The lowest BCUT2D eigenvalue weighted by Gasteiger charge is -2.23. The van der Waals surface area contributed by atoms with E-state index in [2.05, 4.69) is 10.6 Å². The number of carbonyl (C=O) groups is 2. The van der Waals surface area contributed by atoms with Gasteiger partial charge in [-0.05, 0) is 43.5 Å². The SMILES string of the molecule is CC(OCc1ccccc1)C(=O)Nc1ccc(Cl)c(C(=O)NC2CCCCC2)c1. The molecule has 29 heavy (non-hydrogen) atoms. The van der Waals surface area contributed by atoms with E-state index in [-0.39, 0.29) is 17.9 Å². The summed E-state index contributed by atoms with van der Waals surface area (Å²) >= 11 is 6.23. The standard InChI is InChI=1S/C23H27ClN2O3/c1-16(29-15-17-8-4-2-5-9-17)22(27)26-19-12-13-21(24)20(14-19)23(28)25-18-10-6-3-7-11-18/h2,4-5,8-9,12-14,16,18H,3,6-7,10-11,15H2,1H3,(H,25,28)(H,26,27). The highest BCUT2D eigenvalue weighted by atomic mass is 35.5. The van der Waals surface area contributed by atoms with Gasteiger partial charge in [0.2, 0.25) is 0 Å². The second kappa shape index (κ2) is 10.4. The molecular formula is C23H27ClN2O3. The van der Waals surface area contributed by atoms with Gasteiger partial charge in [0, 0.05) is 11.7 Å². The Morgan fingerprint density at radius 2 is 1.83 bits per heavy atom. The molecule has 2 aromatic carbocycles. The van der Waals surface area contributed by atoms with E-state index in [1.165, 1.54) is 6.42 Å². The second-order valence-corrected chi connectivity index (χ2v) is 7.84. The van der Waals surface area contributed by atoms with Crippen LogP contribution in [0.15, 0.2) is 48.5 Å². The zero-order chi connectivity index (χ0) is 20.6. The quantitative estimate of drug-likeness (QED) is 0.673. The normalized spacial score (nSPS) is 15.5. The van der Waals surface area contributed by atoms with Crippen LogP contribution in [0.25, 0.3) is 0 Å². The van der Waals surface area contributed by atoms with Gasteiger partial charge < -0.3 is 15.4 Å². The Kier molecular flexibility index (Phi) is 7.67. The summed E-state index contributed by atoms with van der Waals surface area (Å²) < 4.78 is 5.65. The van der Waals surface area contributed by atoms with Gasteiger partial charge in [-0.3, -0.25) is 9.59 Å². The number of ether oxygens (including phenoxy) is 1. The van der Waals surface area contributed by atoms with E-state index in [0.29, 0.717) is 22.9 Å². The zero-order valence-corrected chi connectivity index (χ0v) is 17.4. The molecule has 2 amide bonds. The minimum Gasteiger partial charge on any atom is -0.364 e. The molecule has 1 atom stereocenters. The highest BCUT2D eigenvalue weighted by Crippen LogP contribution is 2.23. The van der Waals surface area contributed by atoms with Gasteiger partial charge in [0.15, 0.2) is 0 Å². The van der Waals surface area contributed by atoms with Gasteiger partial charge in [-0.15, -0.1) is 0 Å². The third-order valence-electron chi connectivity index (χ3n) is 5.13. The van der Waals surface area contributed by atoms with Crippen molar-refractivity contribution >= 4 is 29.1 Å². The van der Waals surface area contributed by atoms with Gasteiger partial charge in [0.05, 0.1) is 17.2 Å². The fourth-order valence-corrected chi connectivity index (χ4v) is 3.61. The fraction of sp³-hybridized carbons (Fsp3) is 0.391. The summed E-state index contributed by atoms with van der Waals surface area (Å²) in [6.45, 7) is 2.05. The van der Waals surface area contributed by atoms with E-state index >= 15 is 0 Å². The van der Waals surface area contributed by atoms with Crippen LogP contribution in [0.1, 0.15) is 54.9 Å². The maximum Gasteiger partial charge on any atom is 0.253 e. The van der Waals surface area contributed by atoms with Crippen LogP contribution in [0.5, 0.6) is 0 Å². The first-order valence-corrected chi connectivity index (χ1v) is 10.5. The van der Waals surface area contributed by atoms with Crippen molar-refractivity contribution < 1.29 is 14.3 Å². The monoisotopic (exact) mass is 414 g/mol. The third-order valence-corrected chi connectivity index (χ3v) is 5.46. The second-order valence-electron chi connectivity index (χ2n) is 7.43. The maximum absolute atomic E-state index is 12.6. The van der Waals surface area contributed by atoms with Crippen LogP contribution < -0.4 is 10.6 Å². The number of halogens is 1. The molecule has 1 aliphatic rings. The van der Waals surface area contributed by atoms with Crippen molar-refractivity contribution in [3.05, 3.63) is 64.7 Å². The van der Waals surface area contributed by atoms with Crippen LogP contribution in [-0.4, -0.2) is 24.0 Å². The summed E-state index contributed by atoms with van der Waals surface area (Å²) in [5, 5.41) is 6.22. The summed E-state index contributed by atoms with van der Waals surface area (Å²) in [6, 6.07) is 14.8. The van der Waals surface area contributed by atoms with E-state index in [1.807, 2.05) is 30.3 Å². The first-order valence-electron chi connectivity index (χ1n) is 10.1. The molecule has 0 aromatic heterocycles. The molecular weight excluding hydrogens is 388 g/mol. The summed E-state index contributed by atoms with van der Waals surface area (Å²) in [5.74, 6) is -0.478. The van der Waals surface area contributed by atoms with E-state index < -0.39 is 6.10 Å². The Morgan fingerprint density at radius 1 is 1.10 bits per heavy atom. The summed E-state index contributed by atoms with van der Waals surface area (Å²) in [7, 11) is 0. The number of nitrogens with one attached hydrogen (secondary N) is 2. The topological polar surface area (TPSA) is 67.4 Å². The minimum atomic E-state index is -0.634. The molecule has 0 heterocycles. The molecule has 0 aliphatic heterocycles. The minimum absolute atomic E-state index is 0.192. The van der Waals surface area contributed by atoms with Crippen molar-refractivity contribution in [3.8, 4) is 0 Å². The lowest BCUT2D eigenvalue weighted by Crippen LogP contribution is -2.36. The smallest absolute Gasteiger partial charge is 0.253 e. The van der Waals surface area contributed by atoms with Gasteiger partial charge in [-0.25, -0.2) is 0 Å². The Hall–Kier alpha value is -2.37. The average molecular weight is 415 g/mol. The number of rotatable bonds is 7. The number of benzene rings is 2. The van der Waals surface area contributed by atoms with Crippen LogP contribution in [0, 0.1) is 0 Å². The molecule has 2 N–H and O–H groups in total. The molecule has 1 fully saturated rings. The molecule has 3 rings (SSSR count). The van der Waals surface area contributed by atoms with Gasteiger partial charge in [-0.2, -0.15) is 0 Å². The molecule has 2 aromatic rings. The zero-order valence-electron chi connectivity index (χ0n) is 16.6. The summed E-state index contributed by atoms with van der Waals surface area (Å²) in [4.78, 5) is 25.1. The highest BCUT2D eigenvalue weighted by Gasteiger charge is 2.20. The molecule has 154 valence electrons. The number of hydrogen-bond acceptors (Lipinski definition) is 3. The van der Waals surface area contributed by atoms with Crippen molar-refractivity contribution in [3.63, 3.8) is 0 Å². The van der Waals surface area contributed by atoms with E-state index in [0.717, 1.165) is 31.2 Å². The predicted molar refractivity (Wildman–Crippen MR) is 115 cm³/mol. The highest BCUT2D eigenvalue weighted by molar-refractivity contribution is 6.34. The number of hydrogen-bond donors (Lipinski definition) is 2. The largest absolute Gasteiger partial charge is 0.364 e. The summed E-state index contributed by atoms with van der Waals surface area (Å²) in [5.41, 5.74) is 1.89. The van der Waals surface area contributed by atoms with Crippen molar-refractivity contribution in [1.29, 1.82) is 0 Å². The molecule has 0 radical (unpaired) electrons. The molecule has 1 aliphatic carbocycles. The summed E-state index contributed by atoms with van der Waals surface area (Å²) in [6.07, 6.45) is 4.85. The van der Waals surface area contributed by atoms with Crippen molar-refractivity contribution in [1.82, 2.24) is 5.32 Å². The van der Waals surface area contributed by atoms with E-state index in [4.69, 9.17) is 16.3 Å². The van der Waals surface area contributed by atoms with Crippen molar-refractivity contribution in [2.75, 3.05) is 5.32 Å². The number of amides is 2. The third kappa shape index (κ3) is 6.31. The van der Waals surface area contributed by atoms with E-state index in [9.17, 15) is 9.59 Å². The lowest BCUT2D eigenvalue weighted by molar-refractivity contribution is -0.127. The van der Waals surface area contributed by atoms with Crippen LogP contribution in [0.4, 0.5) is 5.69 Å². The van der Waals surface area contributed by atoms with Crippen LogP contribution in [0.2, 0.25) is 5.02 Å². The molecule has 5 nitrogen and oxygen atoms in total. The lowest BCUT2D eigenvalue weighted by atomic mass is 9.95. The van der Waals surface area contributed by atoms with E-state index in [1.54, 1.807) is 25.1 Å². The molecule has 1 saturated carbocycles. The molecule has 0 saturated heterocycles. The molecule has 0 bridgehead atoms. The maximum atomic E-state index is 12.6. The van der Waals surface area contributed by atoms with Gasteiger partial charge in [0.25, 0.3) is 11.8 Å². The Balaban J connectivity index is 1.58. The first-order chi connectivity index (χ1) is 14.0. The fourth-order valence-electron chi connectivity index (χ4n) is 3.40. The van der Waals surface area contributed by atoms with Gasteiger partial charge >= 0.3 is 0 Å². The van der Waals surface area contributed by atoms with Gasteiger partial charge in [-0.1, -0.05) is 61.2 Å². The average Bonchev–Trinajstić information content (AvgIpc) is 2.74. The van der Waals surface area contributed by atoms with Gasteiger partial charge in [0.1, 0.15) is 6.10 Å². The Bertz CT molecular complexity index is 835. The van der Waals surface area contributed by atoms with Crippen molar-refractivity contribution in [2.45, 2.75) is 57.8 Å². The first kappa shape index (κ1) is 21.3. The van der Waals surface area contributed by atoms with Crippen LogP contribution in [0.3, 0.4) is 0 Å².